The number of imidazole rings is 1. The molecule has 0 saturated carbocycles. The van der Waals surface area contributed by atoms with Crippen LogP contribution in [0.2, 0.25) is 5.02 Å². The first-order valence-electron chi connectivity index (χ1n) is 5.76. The van der Waals surface area contributed by atoms with Crippen LogP contribution in [0, 0.1) is 6.92 Å². The van der Waals surface area contributed by atoms with Gasteiger partial charge in [0.25, 0.3) is 0 Å². The zero-order valence-corrected chi connectivity index (χ0v) is 12.5. The lowest BCUT2D eigenvalue weighted by atomic mass is 10.2. The molecule has 1 heterocycles. The molecule has 0 aliphatic heterocycles. The molecule has 2 aromatic carbocycles. The van der Waals surface area contributed by atoms with E-state index in [-0.39, 0.29) is 0 Å². The van der Waals surface area contributed by atoms with Gasteiger partial charge in [-0.1, -0.05) is 17.7 Å². The molecule has 0 amide bonds. The van der Waals surface area contributed by atoms with Gasteiger partial charge in [0.2, 0.25) is 5.95 Å². The Morgan fingerprint density at radius 1 is 1.21 bits per heavy atom. The molecule has 0 spiro atoms. The molecular formula is C14H11BrClN3. The van der Waals surface area contributed by atoms with E-state index >= 15 is 0 Å². The molecule has 0 aliphatic rings. The van der Waals surface area contributed by atoms with Crippen molar-refractivity contribution in [1.29, 1.82) is 0 Å². The molecule has 3 nitrogen and oxygen atoms in total. The summed E-state index contributed by atoms with van der Waals surface area (Å²) in [5.74, 6) is 0.448. The number of hydrogen-bond donors (Lipinski definition) is 1. The van der Waals surface area contributed by atoms with Gasteiger partial charge in [0, 0.05) is 9.50 Å². The number of halogens is 2. The highest BCUT2D eigenvalue weighted by atomic mass is 79.9. The predicted octanol–water partition coefficient (Wildman–Crippen LogP) is 4.33. The molecule has 5 heteroatoms. The fourth-order valence-electron chi connectivity index (χ4n) is 2.12. The largest absolute Gasteiger partial charge is 0.369 e. The third-order valence-corrected chi connectivity index (χ3v) is 3.89. The molecule has 1 aromatic heterocycles. The molecule has 3 aromatic rings. The highest BCUT2D eigenvalue weighted by Gasteiger charge is 2.12. The molecule has 0 bridgehead atoms. The van der Waals surface area contributed by atoms with Gasteiger partial charge in [-0.25, -0.2) is 4.98 Å². The smallest absolute Gasteiger partial charge is 0.205 e. The standard InChI is InChI=1S/C14H11BrClN3/c1-8-2-4-10(15)13(6-8)19-12-5-3-9(16)7-11(12)18-14(19)17/h2-7H,1H3,(H2,17,18). The quantitative estimate of drug-likeness (QED) is 0.718. The van der Waals surface area contributed by atoms with Gasteiger partial charge in [0.05, 0.1) is 16.7 Å². The number of hydrogen-bond acceptors (Lipinski definition) is 2. The van der Waals surface area contributed by atoms with Crippen LogP contribution in [0.4, 0.5) is 5.95 Å². The zero-order valence-electron chi connectivity index (χ0n) is 10.2. The average molecular weight is 337 g/mol. The van der Waals surface area contributed by atoms with Gasteiger partial charge in [0.15, 0.2) is 0 Å². The van der Waals surface area contributed by atoms with E-state index in [1.165, 1.54) is 0 Å². The Morgan fingerprint density at radius 3 is 2.79 bits per heavy atom. The van der Waals surface area contributed by atoms with Crippen molar-refractivity contribution >= 4 is 44.5 Å². The van der Waals surface area contributed by atoms with Crippen LogP contribution in [0.1, 0.15) is 5.56 Å². The summed E-state index contributed by atoms with van der Waals surface area (Å²) < 4.78 is 2.89. The minimum absolute atomic E-state index is 0.448. The molecule has 3 rings (SSSR count). The second-order valence-corrected chi connectivity index (χ2v) is 5.68. The van der Waals surface area contributed by atoms with Crippen molar-refractivity contribution in [3.8, 4) is 5.69 Å². The second kappa shape index (κ2) is 4.54. The van der Waals surface area contributed by atoms with Crippen LogP contribution in [0.25, 0.3) is 16.7 Å². The maximum Gasteiger partial charge on any atom is 0.205 e. The number of nitrogen functional groups attached to an aromatic ring is 1. The van der Waals surface area contributed by atoms with Gasteiger partial charge >= 0.3 is 0 Å². The SMILES string of the molecule is Cc1ccc(Br)c(-n2c(N)nc3cc(Cl)ccc32)c1. The van der Waals surface area contributed by atoms with Crippen molar-refractivity contribution in [3.63, 3.8) is 0 Å². The summed E-state index contributed by atoms with van der Waals surface area (Å²) in [7, 11) is 0. The van der Waals surface area contributed by atoms with Crippen molar-refractivity contribution in [3.05, 3.63) is 51.5 Å². The normalized spacial score (nSPS) is 11.1. The van der Waals surface area contributed by atoms with Crippen LogP contribution in [0.15, 0.2) is 40.9 Å². The van der Waals surface area contributed by atoms with Gasteiger partial charge < -0.3 is 5.73 Å². The van der Waals surface area contributed by atoms with E-state index in [0.29, 0.717) is 11.0 Å². The number of nitrogens with zero attached hydrogens (tertiary/aromatic N) is 2. The number of aryl methyl sites for hydroxylation is 1. The number of nitrogens with two attached hydrogens (primary N) is 1. The number of rotatable bonds is 1. The highest BCUT2D eigenvalue weighted by Crippen LogP contribution is 2.30. The minimum Gasteiger partial charge on any atom is -0.369 e. The maximum absolute atomic E-state index is 6.04. The Hall–Kier alpha value is -1.52. The first-order valence-corrected chi connectivity index (χ1v) is 6.93. The van der Waals surface area contributed by atoms with Crippen molar-refractivity contribution < 1.29 is 0 Å². The second-order valence-electron chi connectivity index (χ2n) is 4.39. The molecule has 96 valence electrons. The molecule has 0 fully saturated rings. The van der Waals surface area contributed by atoms with Crippen LogP contribution >= 0.6 is 27.5 Å². The summed E-state index contributed by atoms with van der Waals surface area (Å²) in [5, 5.41) is 0.653. The summed E-state index contributed by atoms with van der Waals surface area (Å²) in [4.78, 5) is 4.36. The molecule has 0 atom stereocenters. The van der Waals surface area contributed by atoms with E-state index in [1.54, 1.807) is 0 Å². The van der Waals surface area contributed by atoms with Gasteiger partial charge in [-0.2, -0.15) is 0 Å². The van der Waals surface area contributed by atoms with Crippen molar-refractivity contribution in [2.24, 2.45) is 0 Å². The fourth-order valence-corrected chi connectivity index (χ4v) is 2.71. The van der Waals surface area contributed by atoms with E-state index in [2.05, 4.69) is 27.0 Å². The lowest BCUT2D eigenvalue weighted by molar-refractivity contribution is 1.10. The van der Waals surface area contributed by atoms with E-state index in [1.807, 2.05) is 41.8 Å². The number of anilines is 1. The monoisotopic (exact) mass is 335 g/mol. The fraction of sp³-hybridized carbons (Fsp3) is 0.0714. The van der Waals surface area contributed by atoms with Crippen LogP contribution in [-0.4, -0.2) is 9.55 Å². The van der Waals surface area contributed by atoms with E-state index < -0.39 is 0 Å². The van der Waals surface area contributed by atoms with E-state index in [4.69, 9.17) is 17.3 Å². The molecule has 2 N–H and O–H groups in total. The third-order valence-electron chi connectivity index (χ3n) is 2.99. The van der Waals surface area contributed by atoms with Crippen molar-refractivity contribution in [2.75, 3.05) is 5.73 Å². The topological polar surface area (TPSA) is 43.8 Å². The molecule has 0 radical (unpaired) electrons. The minimum atomic E-state index is 0.448. The van der Waals surface area contributed by atoms with Crippen LogP contribution in [0.5, 0.6) is 0 Å². The van der Waals surface area contributed by atoms with Crippen LogP contribution in [0.3, 0.4) is 0 Å². The summed E-state index contributed by atoms with van der Waals surface area (Å²) in [6.45, 7) is 2.04. The molecule has 0 aliphatic carbocycles. The highest BCUT2D eigenvalue weighted by molar-refractivity contribution is 9.10. The van der Waals surface area contributed by atoms with E-state index in [9.17, 15) is 0 Å². The van der Waals surface area contributed by atoms with Crippen molar-refractivity contribution in [2.45, 2.75) is 6.92 Å². The first kappa shape index (κ1) is 12.5. The molecule has 0 saturated heterocycles. The number of fused-ring (bicyclic) bond motifs is 1. The maximum atomic E-state index is 6.04. The number of benzene rings is 2. The predicted molar refractivity (Wildman–Crippen MR) is 82.9 cm³/mol. The first-order chi connectivity index (χ1) is 9.06. The number of aromatic nitrogens is 2. The Labute approximate surface area is 124 Å². The average Bonchev–Trinajstić information content (AvgIpc) is 2.67. The van der Waals surface area contributed by atoms with Crippen LogP contribution < -0.4 is 5.73 Å². The summed E-state index contributed by atoms with van der Waals surface area (Å²) in [6, 6.07) is 11.7. The summed E-state index contributed by atoms with van der Waals surface area (Å²) >= 11 is 9.54. The Bertz CT molecular complexity index is 780. The molecule has 19 heavy (non-hydrogen) atoms. The van der Waals surface area contributed by atoms with Gasteiger partial charge in [-0.15, -0.1) is 0 Å². The van der Waals surface area contributed by atoms with E-state index in [0.717, 1.165) is 26.8 Å². The van der Waals surface area contributed by atoms with Gasteiger partial charge in [0.1, 0.15) is 0 Å². The Morgan fingerprint density at radius 2 is 2.00 bits per heavy atom. The Balaban J connectivity index is 2.36. The lowest BCUT2D eigenvalue weighted by Gasteiger charge is -2.10. The summed E-state index contributed by atoms with van der Waals surface area (Å²) in [5.41, 5.74) is 9.91. The summed E-state index contributed by atoms with van der Waals surface area (Å²) in [6.07, 6.45) is 0. The molecule has 0 unspecified atom stereocenters. The third kappa shape index (κ3) is 2.11. The van der Waals surface area contributed by atoms with Crippen LogP contribution in [-0.2, 0) is 0 Å². The molecular weight excluding hydrogens is 326 g/mol. The van der Waals surface area contributed by atoms with Gasteiger partial charge in [-0.3, -0.25) is 4.57 Å². The van der Waals surface area contributed by atoms with Gasteiger partial charge in [-0.05, 0) is 58.7 Å². The Kier molecular flexibility index (Phi) is 2.99. The van der Waals surface area contributed by atoms with Crippen molar-refractivity contribution in [1.82, 2.24) is 9.55 Å². The zero-order chi connectivity index (χ0) is 13.6. The lowest BCUT2D eigenvalue weighted by Crippen LogP contribution is -2.01.